The molecule has 1 aromatic heterocycles. The Hall–Kier alpha value is -3.93. The quantitative estimate of drug-likeness (QED) is 0.209. The van der Waals surface area contributed by atoms with Crippen LogP contribution in [0.2, 0.25) is 0 Å². The van der Waals surface area contributed by atoms with Crippen molar-refractivity contribution in [3.05, 3.63) is 101 Å². The van der Waals surface area contributed by atoms with Gasteiger partial charge in [0.2, 0.25) is 0 Å². The van der Waals surface area contributed by atoms with Crippen LogP contribution in [0, 0.1) is 11.3 Å². The van der Waals surface area contributed by atoms with Crippen molar-refractivity contribution in [2.24, 2.45) is 11.3 Å². The van der Waals surface area contributed by atoms with Crippen molar-refractivity contribution in [2.45, 2.75) is 65.8 Å². The van der Waals surface area contributed by atoms with Crippen molar-refractivity contribution in [3.63, 3.8) is 0 Å². The molecule has 6 heteroatoms. The summed E-state index contributed by atoms with van der Waals surface area (Å²) in [5, 5.41) is 2.92. The smallest absolute Gasteiger partial charge is 0.311 e. The minimum absolute atomic E-state index is 0.0770. The Labute approximate surface area is 238 Å². The molecule has 0 saturated heterocycles. The van der Waals surface area contributed by atoms with Gasteiger partial charge in [0, 0.05) is 6.54 Å². The van der Waals surface area contributed by atoms with Gasteiger partial charge in [0.15, 0.2) is 0 Å². The first kappa shape index (κ1) is 29.1. The van der Waals surface area contributed by atoms with Gasteiger partial charge in [-0.3, -0.25) is 9.59 Å². The van der Waals surface area contributed by atoms with Crippen LogP contribution >= 0.6 is 0 Å². The number of allylic oxidation sites excluding steroid dienone is 3. The highest BCUT2D eigenvalue weighted by Gasteiger charge is 2.40. The molecule has 6 nitrogen and oxygen atoms in total. The Morgan fingerprint density at radius 1 is 1.05 bits per heavy atom. The maximum atomic E-state index is 12.5. The molecule has 1 saturated carbocycles. The fourth-order valence-corrected chi connectivity index (χ4v) is 5.52. The molecule has 0 bridgehead atoms. The summed E-state index contributed by atoms with van der Waals surface area (Å²) in [7, 11) is 0. The third-order valence-corrected chi connectivity index (χ3v) is 8.13. The van der Waals surface area contributed by atoms with E-state index >= 15 is 0 Å². The summed E-state index contributed by atoms with van der Waals surface area (Å²) in [6, 6.07) is 18.6. The first-order chi connectivity index (χ1) is 19.3. The van der Waals surface area contributed by atoms with Gasteiger partial charge >= 0.3 is 5.97 Å². The monoisotopic (exact) mass is 539 g/mol. The minimum Gasteiger partial charge on any atom is -0.466 e. The van der Waals surface area contributed by atoms with Gasteiger partial charge in [-0.2, -0.15) is 0 Å². The van der Waals surface area contributed by atoms with Crippen LogP contribution in [0.15, 0.2) is 72.9 Å². The number of rotatable bonds is 10. The summed E-state index contributed by atoms with van der Waals surface area (Å²) < 4.78 is 5.33. The van der Waals surface area contributed by atoms with Crippen LogP contribution < -0.4 is 5.32 Å². The number of carbonyl (C=O) groups excluding carboxylic acids is 2. The molecule has 1 fully saturated rings. The number of hydrogen-bond acceptors (Lipinski definition) is 4. The second-order valence-electron chi connectivity index (χ2n) is 11.0. The van der Waals surface area contributed by atoms with Crippen molar-refractivity contribution >= 4 is 23.5 Å². The molecule has 40 heavy (non-hydrogen) atoms. The molecule has 0 radical (unpaired) electrons. The summed E-state index contributed by atoms with van der Waals surface area (Å²) in [6.07, 6.45) is 11.8. The van der Waals surface area contributed by atoms with Gasteiger partial charge in [-0.15, -0.1) is 0 Å². The van der Waals surface area contributed by atoms with Gasteiger partial charge in [-0.1, -0.05) is 66.7 Å². The van der Waals surface area contributed by atoms with Crippen molar-refractivity contribution in [2.75, 3.05) is 6.61 Å². The molecular weight excluding hydrogens is 498 g/mol. The number of aromatic amines is 1. The lowest BCUT2D eigenvalue weighted by Gasteiger charge is -2.37. The van der Waals surface area contributed by atoms with Crippen molar-refractivity contribution in [1.82, 2.24) is 15.3 Å². The maximum absolute atomic E-state index is 12.5. The highest BCUT2D eigenvalue weighted by molar-refractivity contribution is 5.92. The largest absolute Gasteiger partial charge is 0.466 e. The zero-order chi connectivity index (χ0) is 28.5. The SMILES string of the molecule is C/C=C(\C=C/c1ncc(C(=O)NCc2ccccc2)[nH]1)c1ccc(C2CCC(C(C)(C)C(=O)OCC)CC2)cc1. The van der Waals surface area contributed by atoms with E-state index in [1.165, 1.54) is 5.56 Å². The number of amides is 1. The highest BCUT2D eigenvalue weighted by Crippen LogP contribution is 2.44. The van der Waals surface area contributed by atoms with Crippen LogP contribution in [0.5, 0.6) is 0 Å². The van der Waals surface area contributed by atoms with E-state index in [0.29, 0.717) is 36.5 Å². The number of benzene rings is 2. The van der Waals surface area contributed by atoms with Crippen LogP contribution in [0.3, 0.4) is 0 Å². The van der Waals surface area contributed by atoms with Crippen molar-refractivity contribution < 1.29 is 14.3 Å². The predicted octanol–water partition coefficient (Wildman–Crippen LogP) is 7.32. The van der Waals surface area contributed by atoms with Gasteiger partial charge in [0.05, 0.1) is 18.2 Å². The summed E-state index contributed by atoms with van der Waals surface area (Å²) in [6.45, 7) is 8.84. The normalized spacial score (nSPS) is 18.1. The first-order valence-corrected chi connectivity index (χ1v) is 14.3. The molecule has 0 aliphatic heterocycles. The third-order valence-electron chi connectivity index (χ3n) is 8.13. The molecule has 4 rings (SSSR count). The van der Waals surface area contributed by atoms with Gasteiger partial charge in [-0.25, -0.2) is 4.98 Å². The molecule has 210 valence electrons. The molecule has 1 aliphatic carbocycles. The molecule has 0 unspecified atom stereocenters. The number of ether oxygens (including phenoxy) is 1. The standard InChI is InChI=1S/C34H41N3O3/c1-5-25(18-21-31-35-23-30(37-31)32(38)36-22-24-10-8-7-9-11-24)26-12-14-27(15-13-26)28-16-19-29(20-17-28)34(3,4)33(39)40-6-2/h5,7-15,18,21,23,28-29H,6,16-17,19-20,22H2,1-4H3,(H,35,37)(H,36,38)/b21-18-,25-5+. The zero-order valence-corrected chi connectivity index (χ0v) is 24.1. The van der Waals surface area contributed by atoms with Gasteiger partial charge in [0.1, 0.15) is 11.5 Å². The van der Waals surface area contributed by atoms with Gasteiger partial charge < -0.3 is 15.0 Å². The number of aromatic nitrogens is 2. The van der Waals surface area contributed by atoms with E-state index < -0.39 is 5.41 Å². The Bertz CT molecular complexity index is 1330. The Kier molecular flexibility index (Phi) is 9.75. The van der Waals surface area contributed by atoms with E-state index in [1.807, 2.05) is 70.2 Å². The summed E-state index contributed by atoms with van der Waals surface area (Å²) >= 11 is 0. The number of hydrogen-bond donors (Lipinski definition) is 2. The lowest BCUT2D eigenvalue weighted by molar-refractivity contribution is -0.157. The van der Waals surface area contributed by atoms with Crippen LogP contribution in [0.25, 0.3) is 11.6 Å². The van der Waals surface area contributed by atoms with E-state index in [-0.39, 0.29) is 11.9 Å². The molecule has 1 amide bonds. The van der Waals surface area contributed by atoms with E-state index in [1.54, 1.807) is 6.20 Å². The molecular formula is C34H41N3O3. The first-order valence-electron chi connectivity index (χ1n) is 14.3. The van der Waals surface area contributed by atoms with E-state index in [0.717, 1.165) is 42.4 Å². The molecule has 0 spiro atoms. The Balaban J connectivity index is 1.32. The summed E-state index contributed by atoms with van der Waals surface area (Å²) in [5.41, 5.74) is 4.61. The fraction of sp³-hybridized carbons (Fsp3) is 0.382. The van der Waals surface area contributed by atoms with Crippen LogP contribution in [-0.4, -0.2) is 28.5 Å². The maximum Gasteiger partial charge on any atom is 0.311 e. The summed E-state index contributed by atoms with van der Waals surface area (Å²) in [4.78, 5) is 32.4. The number of H-pyrrole nitrogens is 1. The molecule has 2 aromatic carbocycles. The third kappa shape index (κ3) is 7.17. The van der Waals surface area contributed by atoms with Crippen LogP contribution in [-0.2, 0) is 16.1 Å². The van der Waals surface area contributed by atoms with Gasteiger partial charge in [-0.05, 0) is 93.6 Å². The van der Waals surface area contributed by atoms with Crippen LogP contribution in [0.1, 0.15) is 92.3 Å². The minimum atomic E-state index is -0.432. The average Bonchev–Trinajstić information content (AvgIpc) is 3.46. The molecule has 1 aliphatic rings. The number of carbonyl (C=O) groups is 2. The van der Waals surface area contributed by atoms with E-state index in [4.69, 9.17) is 4.74 Å². The predicted molar refractivity (Wildman–Crippen MR) is 160 cm³/mol. The number of nitrogens with one attached hydrogen (secondary N) is 2. The topological polar surface area (TPSA) is 84.1 Å². The second-order valence-corrected chi connectivity index (χ2v) is 11.0. The highest BCUT2D eigenvalue weighted by atomic mass is 16.5. The summed E-state index contributed by atoms with van der Waals surface area (Å²) in [5.74, 6) is 1.24. The Morgan fingerprint density at radius 2 is 1.75 bits per heavy atom. The fourth-order valence-electron chi connectivity index (χ4n) is 5.52. The zero-order valence-electron chi connectivity index (χ0n) is 24.1. The van der Waals surface area contributed by atoms with E-state index in [2.05, 4.69) is 45.6 Å². The number of imidazole rings is 1. The average molecular weight is 540 g/mol. The Morgan fingerprint density at radius 3 is 2.40 bits per heavy atom. The van der Waals surface area contributed by atoms with Crippen molar-refractivity contribution in [3.8, 4) is 0 Å². The van der Waals surface area contributed by atoms with Gasteiger partial charge in [0.25, 0.3) is 5.91 Å². The number of esters is 1. The molecule has 0 atom stereocenters. The molecule has 1 heterocycles. The molecule has 3 aromatic rings. The molecule has 2 N–H and O–H groups in total. The van der Waals surface area contributed by atoms with E-state index in [9.17, 15) is 9.59 Å². The second kappa shape index (κ2) is 13.4. The number of nitrogens with zero attached hydrogens (tertiary/aromatic N) is 1. The van der Waals surface area contributed by atoms with Crippen LogP contribution in [0.4, 0.5) is 0 Å². The lowest BCUT2D eigenvalue weighted by Crippen LogP contribution is -2.36. The lowest BCUT2D eigenvalue weighted by atomic mass is 9.67. The van der Waals surface area contributed by atoms with Crippen molar-refractivity contribution in [1.29, 1.82) is 0 Å².